The molecule has 0 atom stereocenters. The quantitative estimate of drug-likeness (QED) is 0.224. The van der Waals surface area contributed by atoms with Crippen LogP contribution in [0.5, 0.6) is 0 Å². The molecule has 1 N–H and O–H groups in total. The van der Waals surface area contributed by atoms with Crippen molar-refractivity contribution in [2.24, 2.45) is 5.92 Å². The van der Waals surface area contributed by atoms with Crippen LogP contribution in [-0.2, 0) is 20.4 Å². The molecule has 2 heterocycles. The molecule has 0 spiro atoms. The molecule has 1 aromatic heterocycles. The third-order valence-electron chi connectivity index (χ3n) is 7.61. The van der Waals surface area contributed by atoms with Crippen LogP contribution >= 0.6 is 0 Å². The van der Waals surface area contributed by atoms with E-state index in [1.807, 2.05) is 20.8 Å². The van der Waals surface area contributed by atoms with Gasteiger partial charge in [0.25, 0.3) is 0 Å². The summed E-state index contributed by atoms with van der Waals surface area (Å²) in [6, 6.07) is 16.7. The molecule has 0 unspecified atom stereocenters. The van der Waals surface area contributed by atoms with E-state index < -0.39 is 23.3 Å². The third kappa shape index (κ3) is 8.15. The average Bonchev–Trinajstić information content (AvgIpc) is 3.54. The molecular formula is C34H34F3N5O5. The molecule has 2 amide bonds. The SMILES string of the molecule is COC(=O)c1cc(-c2ccc(NC(=O)C3CCN(C(=O)OC(C)(C)C)CC3)cc2)cc(-n2cc(-c3ccc(C(F)(F)F)cc3)nn2)c1. The molecule has 0 bridgehead atoms. The largest absolute Gasteiger partial charge is 0.465 e. The summed E-state index contributed by atoms with van der Waals surface area (Å²) < 4.78 is 50.7. The number of piperidine rings is 1. The lowest BCUT2D eigenvalue weighted by atomic mass is 9.96. The number of likely N-dealkylation sites (tertiary alicyclic amines) is 1. The second kappa shape index (κ2) is 13.3. The number of nitrogens with one attached hydrogen (secondary N) is 1. The van der Waals surface area contributed by atoms with Crippen molar-refractivity contribution in [2.45, 2.75) is 45.4 Å². The number of ether oxygens (including phenoxy) is 2. The molecule has 10 nitrogen and oxygen atoms in total. The number of amides is 2. The molecule has 1 fully saturated rings. The van der Waals surface area contributed by atoms with Crippen LogP contribution in [0.3, 0.4) is 0 Å². The Hall–Kier alpha value is -5.20. The van der Waals surface area contributed by atoms with E-state index in [9.17, 15) is 27.6 Å². The van der Waals surface area contributed by atoms with E-state index in [2.05, 4.69) is 15.6 Å². The fourth-order valence-electron chi connectivity index (χ4n) is 5.14. The van der Waals surface area contributed by atoms with Crippen LogP contribution in [0.2, 0.25) is 0 Å². The normalized spacial score (nSPS) is 14.1. The fraction of sp³-hybridized carbons (Fsp3) is 0.324. The van der Waals surface area contributed by atoms with Crippen molar-refractivity contribution in [2.75, 3.05) is 25.5 Å². The van der Waals surface area contributed by atoms with Gasteiger partial charge in [0, 0.05) is 30.3 Å². The first-order chi connectivity index (χ1) is 22.2. The van der Waals surface area contributed by atoms with Gasteiger partial charge in [-0.3, -0.25) is 4.79 Å². The Labute approximate surface area is 269 Å². The number of anilines is 1. The molecule has 246 valence electrons. The summed E-state index contributed by atoms with van der Waals surface area (Å²) in [5, 5.41) is 11.2. The molecule has 0 saturated carbocycles. The lowest BCUT2D eigenvalue weighted by molar-refractivity contribution is -0.137. The van der Waals surface area contributed by atoms with Crippen LogP contribution in [0, 0.1) is 5.92 Å². The van der Waals surface area contributed by atoms with Crippen LogP contribution < -0.4 is 5.32 Å². The second-order valence-electron chi connectivity index (χ2n) is 12.2. The van der Waals surface area contributed by atoms with E-state index in [1.165, 1.54) is 23.9 Å². The first-order valence-electron chi connectivity index (χ1n) is 14.9. The van der Waals surface area contributed by atoms with Crippen LogP contribution in [0.4, 0.5) is 23.7 Å². The zero-order chi connectivity index (χ0) is 33.9. The highest BCUT2D eigenvalue weighted by Crippen LogP contribution is 2.31. The molecule has 0 radical (unpaired) electrons. The van der Waals surface area contributed by atoms with Crippen molar-refractivity contribution >= 4 is 23.7 Å². The Morgan fingerprint density at radius 2 is 1.51 bits per heavy atom. The Balaban J connectivity index is 1.29. The molecule has 4 aromatic rings. The highest BCUT2D eigenvalue weighted by Gasteiger charge is 2.31. The molecule has 47 heavy (non-hydrogen) atoms. The molecule has 1 aliphatic heterocycles. The van der Waals surface area contributed by atoms with Gasteiger partial charge in [-0.15, -0.1) is 5.10 Å². The number of methoxy groups -OCH3 is 1. The summed E-state index contributed by atoms with van der Waals surface area (Å²) in [5.41, 5.74) is 2.15. The van der Waals surface area contributed by atoms with Gasteiger partial charge < -0.3 is 19.7 Å². The minimum absolute atomic E-state index is 0.133. The topological polar surface area (TPSA) is 116 Å². The zero-order valence-electron chi connectivity index (χ0n) is 26.3. The smallest absolute Gasteiger partial charge is 0.416 e. The minimum Gasteiger partial charge on any atom is -0.465 e. The van der Waals surface area contributed by atoms with Crippen LogP contribution in [0.15, 0.2) is 72.9 Å². The number of nitrogens with zero attached hydrogens (tertiary/aromatic N) is 4. The third-order valence-corrected chi connectivity index (χ3v) is 7.61. The van der Waals surface area contributed by atoms with E-state index in [1.54, 1.807) is 53.6 Å². The molecular weight excluding hydrogens is 615 g/mol. The molecule has 0 aliphatic carbocycles. The average molecular weight is 650 g/mol. The number of esters is 1. The number of alkyl halides is 3. The Morgan fingerprint density at radius 1 is 0.872 bits per heavy atom. The maximum absolute atomic E-state index is 13.0. The lowest BCUT2D eigenvalue weighted by Crippen LogP contribution is -2.43. The van der Waals surface area contributed by atoms with Crippen molar-refractivity contribution in [3.8, 4) is 28.1 Å². The van der Waals surface area contributed by atoms with Gasteiger partial charge in [-0.25, -0.2) is 14.3 Å². The van der Waals surface area contributed by atoms with Crippen molar-refractivity contribution in [1.82, 2.24) is 19.9 Å². The Morgan fingerprint density at radius 3 is 2.11 bits per heavy atom. The minimum atomic E-state index is -4.45. The van der Waals surface area contributed by atoms with E-state index in [-0.39, 0.29) is 23.5 Å². The Kier molecular flexibility index (Phi) is 9.36. The second-order valence-corrected chi connectivity index (χ2v) is 12.2. The predicted molar refractivity (Wildman–Crippen MR) is 168 cm³/mol. The monoisotopic (exact) mass is 649 g/mol. The standard InChI is InChI=1S/C34H34F3N5O5/c1-33(2,3)47-32(45)41-15-13-23(14-16-41)30(43)38-27-11-7-21(8-12-27)24-17-25(31(44)46-4)19-28(18-24)42-20-29(39-40-42)22-5-9-26(10-6-22)34(35,36)37/h5-12,17-20,23H,13-16H2,1-4H3,(H,38,43). The number of carbonyl (C=O) groups excluding carboxylic acids is 3. The first-order valence-corrected chi connectivity index (χ1v) is 14.9. The van der Waals surface area contributed by atoms with E-state index in [0.29, 0.717) is 54.1 Å². The van der Waals surface area contributed by atoms with Gasteiger partial charge in [-0.05, 0) is 87.2 Å². The molecule has 1 saturated heterocycles. The van der Waals surface area contributed by atoms with Crippen LogP contribution in [-0.4, -0.2) is 63.7 Å². The zero-order valence-corrected chi connectivity index (χ0v) is 26.3. The number of carbonyl (C=O) groups is 3. The summed E-state index contributed by atoms with van der Waals surface area (Å²) in [5.74, 6) is -0.952. The number of hydrogen-bond acceptors (Lipinski definition) is 7. The van der Waals surface area contributed by atoms with Gasteiger partial charge in [-0.1, -0.05) is 29.5 Å². The van der Waals surface area contributed by atoms with Gasteiger partial charge in [0.15, 0.2) is 0 Å². The van der Waals surface area contributed by atoms with Gasteiger partial charge >= 0.3 is 18.2 Å². The number of halogens is 3. The summed E-state index contributed by atoms with van der Waals surface area (Å²) in [7, 11) is 1.27. The van der Waals surface area contributed by atoms with Gasteiger partial charge in [0.2, 0.25) is 5.91 Å². The van der Waals surface area contributed by atoms with E-state index in [4.69, 9.17) is 9.47 Å². The summed E-state index contributed by atoms with van der Waals surface area (Å²) >= 11 is 0. The van der Waals surface area contributed by atoms with Crippen molar-refractivity contribution in [3.63, 3.8) is 0 Å². The van der Waals surface area contributed by atoms with Crippen LogP contribution in [0.1, 0.15) is 49.5 Å². The lowest BCUT2D eigenvalue weighted by Gasteiger charge is -2.32. The number of rotatable bonds is 6. The molecule has 1 aliphatic rings. The maximum Gasteiger partial charge on any atom is 0.416 e. The summed E-state index contributed by atoms with van der Waals surface area (Å²) in [6.45, 7) is 6.30. The highest BCUT2D eigenvalue weighted by atomic mass is 19.4. The van der Waals surface area contributed by atoms with Gasteiger partial charge in [-0.2, -0.15) is 13.2 Å². The van der Waals surface area contributed by atoms with E-state index >= 15 is 0 Å². The molecule has 13 heteroatoms. The number of benzene rings is 3. The molecule has 3 aromatic carbocycles. The fourth-order valence-corrected chi connectivity index (χ4v) is 5.14. The van der Waals surface area contributed by atoms with Crippen molar-refractivity contribution < 1.29 is 37.0 Å². The number of hydrogen-bond donors (Lipinski definition) is 1. The maximum atomic E-state index is 13.0. The Bertz CT molecular complexity index is 1750. The summed E-state index contributed by atoms with van der Waals surface area (Å²) in [4.78, 5) is 39.5. The van der Waals surface area contributed by atoms with Crippen molar-refractivity contribution in [1.29, 1.82) is 0 Å². The van der Waals surface area contributed by atoms with Crippen molar-refractivity contribution in [3.05, 3.63) is 84.1 Å². The predicted octanol–water partition coefficient (Wildman–Crippen LogP) is 6.99. The molecule has 5 rings (SSSR count). The summed E-state index contributed by atoms with van der Waals surface area (Å²) in [6.07, 6.45) is -2.23. The number of aromatic nitrogens is 3. The van der Waals surface area contributed by atoms with Gasteiger partial charge in [0.05, 0.1) is 30.1 Å². The van der Waals surface area contributed by atoms with Crippen LogP contribution in [0.25, 0.3) is 28.1 Å². The van der Waals surface area contributed by atoms with E-state index in [0.717, 1.165) is 17.7 Å². The highest BCUT2D eigenvalue weighted by molar-refractivity contribution is 5.94. The van der Waals surface area contributed by atoms with Gasteiger partial charge in [0.1, 0.15) is 11.3 Å². The first kappa shape index (κ1) is 33.2.